The Labute approximate surface area is 190 Å². The molecule has 0 bridgehead atoms. The van der Waals surface area contributed by atoms with E-state index in [4.69, 9.17) is 14.2 Å². The molecule has 2 amide bonds. The smallest absolute Gasteiger partial charge is 0.408 e. The number of amides is 2. The van der Waals surface area contributed by atoms with Crippen molar-refractivity contribution in [1.82, 2.24) is 10.2 Å². The van der Waals surface area contributed by atoms with Crippen molar-refractivity contribution in [3.8, 4) is 5.75 Å². The van der Waals surface area contributed by atoms with Crippen LogP contribution in [0.15, 0.2) is 66.1 Å². The highest BCUT2D eigenvalue weighted by Crippen LogP contribution is 2.36. The summed E-state index contributed by atoms with van der Waals surface area (Å²) < 4.78 is 15.6. The molecule has 9 heteroatoms. The average molecular weight is 452 g/mol. The van der Waals surface area contributed by atoms with E-state index in [1.165, 1.54) is 4.90 Å². The fraction of sp³-hybridized carbons (Fsp3) is 0.292. The number of aliphatic hydroxyl groups excluding tert-OH is 1. The number of methoxy groups -OCH3 is 1. The Morgan fingerprint density at radius 1 is 1.03 bits per heavy atom. The molecule has 2 aliphatic heterocycles. The average Bonchev–Trinajstić information content (AvgIpc) is 2.85. The van der Waals surface area contributed by atoms with Gasteiger partial charge in [-0.05, 0) is 29.7 Å². The number of hydrogen-bond donors (Lipinski definition) is 2. The molecule has 172 valence electrons. The second kappa shape index (κ2) is 9.64. The monoisotopic (exact) mass is 452 g/mol. The predicted octanol–water partition coefficient (Wildman–Crippen LogP) is 2.81. The van der Waals surface area contributed by atoms with Gasteiger partial charge in [-0.25, -0.2) is 9.59 Å². The molecule has 2 aromatic rings. The summed E-state index contributed by atoms with van der Waals surface area (Å²) in [4.78, 5) is 38.7. The molecule has 1 saturated heterocycles. The molecule has 2 N–H and O–H groups in total. The summed E-state index contributed by atoms with van der Waals surface area (Å²) in [5.41, 5.74) is 1.37. The van der Waals surface area contributed by atoms with Crippen LogP contribution in [0.5, 0.6) is 5.75 Å². The zero-order chi connectivity index (χ0) is 23.4. The van der Waals surface area contributed by atoms with E-state index in [1.807, 2.05) is 30.3 Å². The summed E-state index contributed by atoms with van der Waals surface area (Å²) >= 11 is 0. The number of carbonyl (C=O) groups excluding carboxylic acids is 3. The van der Waals surface area contributed by atoms with Crippen LogP contribution in [0.4, 0.5) is 4.79 Å². The zero-order valence-corrected chi connectivity index (χ0v) is 18.0. The van der Waals surface area contributed by atoms with Gasteiger partial charge in [-0.2, -0.15) is 0 Å². The standard InChI is InChI=1S/C24H24N2O7/c1-31-17-9-7-16(8-10-17)13-32-23(29)21-19(27)12-11-18-20(22(28)26(18)21)25-24(30)33-14-15-5-3-2-4-6-15/h2-10,18,20,27H,11-14H2,1H3,(H,25,30)/t18-,20+/m1/s1. The molecule has 0 saturated carbocycles. The number of benzene rings is 2. The number of esters is 1. The van der Waals surface area contributed by atoms with Gasteiger partial charge < -0.3 is 24.6 Å². The minimum atomic E-state index is -0.828. The van der Waals surface area contributed by atoms with Gasteiger partial charge in [0.2, 0.25) is 0 Å². The molecule has 2 aliphatic rings. The van der Waals surface area contributed by atoms with Crippen molar-refractivity contribution >= 4 is 18.0 Å². The zero-order valence-electron chi connectivity index (χ0n) is 18.0. The number of hydrogen-bond acceptors (Lipinski definition) is 7. The normalized spacial score (nSPS) is 19.3. The van der Waals surface area contributed by atoms with E-state index in [0.717, 1.165) is 11.1 Å². The predicted molar refractivity (Wildman–Crippen MR) is 116 cm³/mol. The number of ether oxygens (including phenoxy) is 3. The number of allylic oxidation sites excluding steroid dienone is 1. The second-order valence-electron chi connectivity index (χ2n) is 7.72. The van der Waals surface area contributed by atoms with E-state index in [2.05, 4.69) is 5.32 Å². The molecular formula is C24H24N2O7. The molecule has 1 fully saturated rings. The summed E-state index contributed by atoms with van der Waals surface area (Å²) in [6.07, 6.45) is -0.131. The number of nitrogens with one attached hydrogen (secondary N) is 1. The number of rotatable bonds is 7. The second-order valence-corrected chi connectivity index (χ2v) is 7.72. The number of nitrogens with zero attached hydrogens (tertiary/aromatic N) is 1. The van der Waals surface area contributed by atoms with Gasteiger partial charge in [0.1, 0.15) is 30.8 Å². The maximum atomic E-state index is 12.7. The van der Waals surface area contributed by atoms with E-state index in [1.54, 1.807) is 31.4 Å². The lowest BCUT2D eigenvalue weighted by atomic mass is 9.86. The summed E-state index contributed by atoms with van der Waals surface area (Å²) in [7, 11) is 1.55. The SMILES string of the molecule is COc1ccc(COC(=O)C2=C(O)CC[C@@H]3[C@H](NC(=O)OCc4ccccc4)C(=O)N23)cc1. The fourth-order valence-electron chi connectivity index (χ4n) is 3.86. The minimum absolute atomic E-state index is 0.0280. The highest BCUT2D eigenvalue weighted by Gasteiger charge is 2.54. The van der Waals surface area contributed by atoms with Crippen molar-refractivity contribution < 1.29 is 33.7 Å². The lowest BCUT2D eigenvalue weighted by molar-refractivity contribution is -0.157. The minimum Gasteiger partial charge on any atom is -0.510 e. The summed E-state index contributed by atoms with van der Waals surface area (Å²) in [5, 5.41) is 12.8. The van der Waals surface area contributed by atoms with Gasteiger partial charge in [0, 0.05) is 6.42 Å². The fourth-order valence-corrected chi connectivity index (χ4v) is 3.86. The van der Waals surface area contributed by atoms with Gasteiger partial charge in [0.05, 0.1) is 13.2 Å². The molecular weight excluding hydrogens is 428 g/mol. The van der Waals surface area contributed by atoms with Crippen LogP contribution in [0.25, 0.3) is 0 Å². The molecule has 33 heavy (non-hydrogen) atoms. The van der Waals surface area contributed by atoms with Gasteiger partial charge in [0.25, 0.3) is 5.91 Å². The lowest BCUT2D eigenvalue weighted by Gasteiger charge is -2.49. The first-order valence-electron chi connectivity index (χ1n) is 10.5. The Balaban J connectivity index is 1.34. The summed E-state index contributed by atoms with van der Waals surface area (Å²) in [5.74, 6) is -0.831. The lowest BCUT2D eigenvalue weighted by Crippen LogP contribution is -2.71. The van der Waals surface area contributed by atoms with Crippen LogP contribution >= 0.6 is 0 Å². The molecule has 9 nitrogen and oxygen atoms in total. The van der Waals surface area contributed by atoms with E-state index in [9.17, 15) is 19.5 Å². The maximum absolute atomic E-state index is 12.7. The van der Waals surface area contributed by atoms with E-state index in [0.29, 0.717) is 12.2 Å². The number of aliphatic hydroxyl groups is 1. The number of alkyl carbamates (subject to hydrolysis) is 1. The van der Waals surface area contributed by atoms with E-state index in [-0.39, 0.29) is 31.1 Å². The number of carbonyl (C=O) groups is 3. The summed E-state index contributed by atoms with van der Waals surface area (Å²) in [6, 6.07) is 14.9. The van der Waals surface area contributed by atoms with Crippen LogP contribution in [-0.2, 0) is 32.3 Å². The van der Waals surface area contributed by atoms with Gasteiger partial charge in [0.15, 0.2) is 5.70 Å². The molecule has 0 aliphatic carbocycles. The van der Waals surface area contributed by atoms with Crippen molar-refractivity contribution in [2.24, 2.45) is 0 Å². The molecule has 2 aromatic carbocycles. The Bertz CT molecular complexity index is 1070. The molecule has 2 atom stereocenters. The van der Waals surface area contributed by atoms with Crippen LogP contribution in [-0.4, -0.2) is 47.2 Å². The largest absolute Gasteiger partial charge is 0.510 e. The van der Waals surface area contributed by atoms with Crippen molar-refractivity contribution in [2.75, 3.05) is 7.11 Å². The van der Waals surface area contributed by atoms with E-state index < -0.39 is 30.1 Å². The molecule has 0 radical (unpaired) electrons. The van der Waals surface area contributed by atoms with Crippen LogP contribution in [0.2, 0.25) is 0 Å². The Morgan fingerprint density at radius 3 is 2.39 bits per heavy atom. The third kappa shape index (κ3) is 4.77. The highest BCUT2D eigenvalue weighted by molar-refractivity contribution is 6.01. The number of β-lactam (4-membered cyclic amide) rings is 1. The van der Waals surface area contributed by atoms with Crippen LogP contribution in [0, 0.1) is 0 Å². The first-order chi connectivity index (χ1) is 16.0. The van der Waals surface area contributed by atoms with Crippen molar-refractivity contribution in [2.45, 2.75) is 38.1 Å². The Hall–Kier alpha value is -4.01. The van der Waals surface area contributed by atoms with Gasteiger partial charge >= 0.3 is 12.1 Å². The van der Waals surface area contributed by atoms with Crippen molar-refractivity contribution in [1.29, 1.82) is 0 Å². The Kier molecular flexibility index (Phi) is 6.48. The van der Waals surface area contributed by atoms with Crippen molar-refractivity contribution in [3.63, 3.8) is 0 Å². The van der Waals surface area contributed by atoms with Gasteiger partial charge in [-0.3, -0.25) is 9.69 Å². The molecule has 0 spiro atoms. The molecule has 0 unspecified atom stereocenters. The topological polar surface area (TPSA) is 114 Å². The van der Waals surface area contributed by atoms with Crippen LogP contribution in [0.3, 0.4) is 0 Å². The number of fused-ring (bicyclic) bond motifs is 1. The van der Waals surface area contributed by atoms with Crippen LogP contribution in [0.1, 0.15) is 24.0 Å². The quantitative estimate of drug-likeness (QED) is 0.490. The summed E-state index contributed by atoms with van der Waals surface area (Å²) in [6.45, 7) is 0.0470. The van der Waals surface area contributed by atoms with E-state index >= 15 is 0 Å². The highest BCUT2D eigenvalue weighted by atomic mass is 16.5. The maximum Gasteiger partial charge on any atom is 0.408 e. The third-order valence-electron chi connectivity index (χ3n) is 5.62. The first kappa shape index (κ1) is 22.2. The molecule has 2 heterocycles. The van der Waals surface area contributed by atoms with Crippen LogP contribution < -0.4 is 10.1 Å². The molecule has 0 aromatic heterocycles. The van der Waals surface area contributed by atoms with Gasteiger partial charge in [-0.1, -0.05) is 42.5 Å². The first-order valence-corrected chi connectivity index (χ1v) is 10.5. The molecule has 4 rings (SSSR count). The van der Waals surface area contributed by atoms with Crippen molar-refractivity contribution in [3.05, 3.63) is 77.2 Å². The third-order valence-corrected chi connectivity index (χ3v) is 5.62. The Morgan fingerprint density at radius 2 is 1.70 bits per heavy atom. The van der Waals surface area contributed by atoms with Gasteiger partial charge in [-0.15, -0.1) is 0 Å².